The molecule has 2 rings (SSSR count). The maximum Gasteiger partial charge on any atom is 0.317 e. The molecule has 1 aromatic carbocycles. The van der Waals surface area contributed by atoms with E-state index < -0.39 is 4.92 Å². The van der Waals surface area contributed by atoms with Gasteiger partial charge in [0.25, 0.3) is 5.69 Å². The predicted octanol–water partition coefficient (Wildman–Crippen LogP) is 2.24. The average molecular weight is 405 g/mol. The highest BCUT2D eigenvalue weighted by Crippen LogP contribution is 2.19. The number of amides is 3. The van der Waals surface area contributed by atoms with E-state index in [4.69, 9.17) is 0 Å². The van der Waals surface area contributed by atoms with Gasteiger partial charge < -0.3 is 15.1 Å². The quantitative estimate of drug-likeness (QED) is 0.554. The number of carbonyl (C=O) groups is 2. The van der Waals surface area contributed by atoms with Crippen molar-refractivity contribution in [2.45, 2.75) is 33.2 Å². The maximum atomic E-state index is 12.7. The van der Waals surface area contributed by atoms with Gasteiger partial charge in [-0.15, -0.1) is 0 Å². The number of rotatable bonds is 7. The van der Waals surface area contributed by atoms with Gasteiger partial charge in [0.15, 0.2) is 0 Å². The first kappa shape index (κ1) is 22.6. The molecular formula is C20H31N5O4. The molecule has 0 aromatic heterocycles. The molecular weight excluding hydrogens is 374 g/mol. The second-order valence-electron chi connectivity index (χ2n) is 7.21. The van der Waals surface area contributed by atoms with Crippen LogP contribution >= 0.6 is 0 Å². The fourth-order valence-corrected chi connectivity index (χ4v) is 3.47. The van der Waals surface area contributed by atoms with Gasteiger partial charge in [-0.25, -0.2) is 4.79 Å². The van der Waals surface area contributed by atoms with E-state index in [1.807, 2.05) is 25.7 Å². The second kappa shape index (κ2) is 10.8. The summed E-state index contributed by atoms with van der Waals surface area (Å²) in [6, 6.07) is 5.76. The van der Waals surface area contributed by atoms with Gasteiger partial charge in [0, 0.05) is 51.4 Å². The molecule has 0 saturated carbocycles. The van der Waals surface area contributed by atoms with E-state index in [0.717, 1.165) is 13.0 Å². The Hall–Kier alpha value is -2.68. The first-order valence-corrected chi connectivity index (χ1v) is 10.2. The van der Waals surface area contributed by atoms with Crippen LogP contribution in [0.4, 0.5) is 10.5 Å². The second-order valence-corrected chi connectivity index (χ2v) is 7.21. The SMILES string of the molecule is CCN(CC)C(=O)CN1CCCN(C(=O)NC(C)c2cccc([N+](=O)[O-])c2)CC1. The minimum absolute atomic E-state index is 0.00637. The molecule has 1 atom stereocenters. The van der Waals surface area contributed by atoms with E-state index in [-0.39, 0.29) is 23.7 Å². The van der Waals surface area contributed by atoms with E-state index in [2.05, 4.69) is 10.2 Å². The van der Waals surface area contributed by atoms with Crippen LogP contribution in [0, 0.1) is 10.1 Å². The molecule has 1 saturated heterocycles. The summed E-state index contributed by atoms with van der Waals surface area (Å²) >= 11 is 0. The smallest absolute Gasteiger partial charge is 0.317 e. The molecule has 1 unspecified atom stereocenters. The van der Waals surface area contributed by atoms with Crippen LogP contribution in [-0.4, -0.2) is 77.4 Å². The van der Waals surface area contributed by atoms with Crippen LogP contribution in [0.3, 0.4) is 0 Å². The van der Waals surface area contributed by atoms with E-state index in [0.29, 0.717) is 44.8 Å². The van der Waals surface area contributed by atoms with Crippen molar-refractivity contribution in [1.29, 1.82) is 0 Å². The van der Waals surface area contributed by atoms with E-state index in [9.17, 15) is 19.7 Å². The van der Waals surface area contributed by atoms with Gasteiger partial charge >= 0.3 is 6.03 Å². The van der Waals surface area contributed by atoms with Gasteiger partial charge in [-0.1, -0.05) is 12.1 Å². The number of nitrogens with one attached hydrogen (secondary N) is 1. The van der Waals surface area contributed by atoms with Crippen LogP contribution in [-0.2, 0) is 4.79 Å². The van der Waals surface area contributed by atoms with E-state index in [1.54, 1.807) is 17.0 Å². The Morgan fingerprint density at radius 1 is 1.21 bits per heavy atom. The summed E-state index contributed by atoms with van der Waals surface area (Å²) in [5.41, 5.74) is 0.695. The fourth-order valence-electron chi connectivity index (χ4n) is 3.47. The molecule has 0 bridgehead atoms. The molecule has 0 radical (unpaired) electrons. The van der Waals surface area contributed by atoms with Crippen LogP contribution in [0.1, 0.15) is 38.8 Å². The number of nitro benzene ring substituents is 1. The molecule has 1 N–H and O–H groups in total. The minimum atomic E-state index is -0.444. The number of carbonyl (C=O) groups excluding carboxylic acids is 2. The summed E-state index contributed by atoms with van der Waals surface area (Å²) in [6.07, 6.45) is 0.796. The van der Waals surface area contributed by atoms with Crippen LogP contribution in [0.25, 0.3) is 0 Å². The highest BCUT2D eigenvalue weighted by atomic mass is 16.6. The monoisotopic (exact) mass is 405 g/mol. The number of likely N-dealkylation sites (N-methyl/N-ethyl adjacent to an activating group) is 1. The Balaban J connectivity index is 1.89. The zero-order valence-electron chi connectivity index (χ0n) is 17.5. The Morgan fingerprint density at radius 3 is 2.59 bits per heavy atom. The Labute approximate surface area is 171 Å². The third-order valence-corrected chi connectivity index (χ3v) is 5.27. The van der Waals surface area contributed by atoms with Crippen molar-refractivity contribution >= 4 is 17.6 Å². The third-order valence-electron chi connectivity index (χ3n) is 5.27. The predicted molar refractivity (Wildman–Crippen MR) is 111 cm³/mol. The summed E-state index contributed by atoms with van der Waals surface area (Å²) in [6.45, 7) is 10.1. The lowest BCUT2D eigenvalue weighted by molar-refractivity contribution is -0.384. The molecule has 1 aliphatic heterocycles. The lowest BCUT2D eigenvalue weighted by Gasteiger charge is -2.26. The van der Waals surface area contributed by atoms with Gasteiger partial charge in [-0.2, -0.15) is 0 Å². The van der Waals surface area contributed by atoms with Gasteiger partial charge in [-0.05, 0) is 32.8 Å². The lowest BCUT2D eigenvalue weighted by Crippen LogP contribution is -2.44. The number of urea groups is 1. The maximum absolute atomic E-state index is 12.7. The number of benzene rings is 1. The minimum Gasteiger partial charge on any atom is -0.342 e. The van der Waals surface area contributed by atoms with Crippen molar-refractivity contribution < 1.29 is 14.5 Å². The fraction of sp³-hybridized carbons (Fsp3) is 0.600. The van der Waals surface area contributed by atoms with Gasteiger partial charge in [0.1, 0.15) is 0 Å². The molecule has 9 heteroatoms. The van der Waals surface area contributed by atoms with Crippen molar-refractivity contribution in [3.05, 3.63) is 39.9 Å². The Morgan fingerprint density at radius 2 is 1.93 bits per heavy atom. The standard InChI is InChI=1S/C20H31N5O4/c1-4-23(5-2)19(26)15-22-10-7-11-24(13-12-22)20(27)21-16(3)17-8-6-9-18(14-17)25(28)29/h6,8-9,14,16H,4-5,7,10-13,15H2,1-3H3,(H,21,27). The van der Waals surface area contributed by atoms with Crippen LogP contribution in [0.15, 0.2) is 24.3 Å². The largest absolute Gasteiger partial charge is 0.342 e. The molecule has 0 aliphatic carbocycles. The number of hydrogen-bond acceptors (Lipinski definition) is 5. The summed E-state index contributed by atoms with van der Waals surface area (Å²) in [4.78, 5) is 41.2. The Bertz CT molecular complexity index is 723. The highest BCUT2D eigenvalue weighted by molar-refractivity contribution is 5.78. The first-order valence-electron chi connectivity index (χ1n) is 10.2. The van der Waals surface area contributed by atoms with Crippen molar-refractivity contribution in [1.82, 2.24) is 20.0 Å². The van der Waals surface area contributed by atoms with Gasteiger partial charge in [0.05, 0.1) is 17.5 Å². The number of nitro groups is 1. The first-order chi connectivity index (χ1) is 13.8. The summed E-state index contributed by atoms with van der Waals surface area (Å²) in [5, 5.41) is 13.9. The zero-order chi connectivity index (χ0) is 21.4. The van der Waals surface area contributed by atoms with Crippen LogP contribution < -0.4 is 5.32 Å². The van der Waals surface area contributed by atoms with Crippen molar-refractivity contribution in [2.75, 3.05) is 45.8 Å². The summed E-state index contributed by atoms with van der Waals surface area (Å²) < 4.78 is 0. The lowest BCUT2D eigenvalue weighted by atomic mass is 10.1. The molecule has 1 heterocycles. The van der Waals surface area contributed by atoms with Gasteiger partial charge in [-0.3, -0.25) is 19.8 Å². The molecule has 9 nitrogen and oxygen atoms in total. The molecule has 3 amide bonds. The highest BCUT2D eigenvalue weighted by Gasteiger charge is 2.23. The van der Waals surface area contributed by atoms with Crippen molar-refractivity contribution in [3.8, 4) is 0 Å². The molecule has 1 fully saturated rings. The molecule has 160 valence electrons. The zero-order valence-corrected chi connectivity index (χ0v) is 17.5. The van der Waals surface area contributed by atoms with Crippen molar-refractivity contribution in [3.63, 3.8) is 0 Å². The summed E-state index contributed by atoms with van der Waals surface area (Å²) in [5.74, 6) is 0.118. The number of hydrogen-bond donors (Lipinski definition) is 1. The molecule has 0 spiro atoms. The topological polar surface area (TPSA) is 99.0 Å². The van der Waals surface area contributed by atoms with Gasteiger partial charge in [0.2, 0.25) is 5.91 Å². The summed E-state index contributed by atoms with van der Waals surface area (Å²) in [7, 11) is 0. The van der Waals surface area contributed by atoms with Crippen LogP contribution in [0.5, 0.6) is 0 Å². The molecule has 29 heavy (non-hydrogen) atoms. The van der Waals surface area contributed by atoms with E-state index >= 15 is 0 Å². The van der Waals surface area contributed by atoms with Crippen LogP contribution in [0.2, 0.25) is 0 Å². The number of nitrogens with zero attached hydrogens (tertiary/aromatic N) is 4. The number of non-ortho nitro benzene ring substituents is 1. The average Bonchev–Trinajstić information content (AvgIpc) is 2.94. The Kier molecular flexibility index (Phi) is 8.38. The third kappa shape index (κ3) is 6.42. The molecule has 1 aromatic rings. The molecule has 1 aliphatic rings. The normalized spacial score (nSPS) is 16.0. The van der Waals surface area contributed by atoms with E-state index in [1.165, 1.54) is 12.1 Å². The van der Waals surface area contributed by atoms with Crippen molar-refractivity contribution in [2.24, 2.45) is 0 Å².